The summed E-state index contributed by atoms with van der Waals surface area (Å²) in [5.74, 6) is -0.187. The van der Waals surface area contributed by atoms with E-state index < -0.39 is 0 Å². The minimum Gasteiger partial charge on any atom is -0.292 e. The number of aromatic nitrogens is 2. The Labute approximate surface area is 129 Å². The lowest BCUT2D eigenvalue weighted by Gasteiger charge is -2.41. The lowest BCUT2D eigenvalue weighted by atomic mass is 9.94. The highest BCUT2D eigenvalue weighted by Crippen LogP contribution is 2.36. The molecule has 2 heterocycles. The van der Waals surface area contributed by atoms with E-state index in [9.17, 15) is 4.39 Å². The van der Waals surface area contributed by atoms with Crippen molar-refractivity contribution in [1.82, 2.24) is 14.7 Å². The molecule has 1 saturated heterocycles. The fraction of sp³-hybridized carbons (Fsp3) is 0.438. The third kappa shape index (κ3) is 2.70. The zero-order valence-electron chi connectivity index (χ0n) is 12.3. The molecular weight excluding hydrogens is 289 g/mol. The first kappa shape index (κ1) is 14.5. The van der Waals surface area contributed by atoms with Crippen LogP contribution in [0.5, 0.6) is 0 Å². The second-order valence-electron chi connectivity index (χ2n) is 5.52. The van der Waals surface area contributed by atoms with Crippen LogP contribution in [0.3, 0.4) is 0 Å². The highest BCUT2D eigenvalue weighted by Gasteiger charge is 2.31. The monoisotopic (exact) mass is 307 g/mol. The Hall–Kier alpha value is -1.39. The Balaban J connectivity index is 1.78. The predicted molar refractivity (Wildman–Crippen MR) is 81.8 cm³/mol. The van der Waals surface area contributed by atoms with Crippen LogP contribution in [-0.4, -0.2) is 21.2 Å². The van der Waals surface area contributed by atoms with Gasteiger partial charge in [0, 0.05) is 31.7 Å². The van der Waals surface area contributed by atoms with E-state index in [1.807, 2.05) is 19.2 Å². The van der Waals surface area contributed by atoms with Crippen molar-refractivity contribution in [2.45, 2.75) is 32.4 Å². The van der Waals surface area contributed by atoms with Gasteiger partial charge in [-0.2, -0.15) is 5.10 Å². The van der Waals surface area contributed by atoms with E-state index >= 15 is 0 Å². The topological polar surface area (TPSA) is 21.1 Å². The van der Waals surface area contributed by atoms with Crippen molar-refractivity contribution in [3.8, 4) is 0 Å². The Bertz CT molecular complexity index is 636. The summed E-state index contributed by atoms with van der Waals surface area (Å²) in [6.45, 7) is 3.93. The van der Waals surface area contributed by atoms with E-state index in [1.54, 1.807) is 4.68 Å². The second-order valence-corrected chi connectivity index (χ2v) is 5.88. The number of hydrogen-bond donors (Lipinski definition) is 0. The standard InChI is InChI=1S/C16H19ClFN3/c1-3-14-13(16(17)20(2)19-14)10-21-9-8-15(21)11-4-6-12(18)7-5-11/h4-7,15H,3,8-10H2,1-2H3/t15-/m1/s1. The number of benzene rings is 1. The van der Waals surface area contributed by atoms with Crippen molar-refractivity contribution in [2.75, 3.05) is 6.54 Å². The smallest absolute Gasteiger partial charge is 0.131 e. The van der Waals surface area contributed by atoms with E-state index in [2.05, 4.69) is 16.9 Å². The molecule has 1 aromatic carbocycles. The molecule has 1 aromatic heterocycles. The summed E-state index contributed by atoms with van der Waals surface area (Å²) < 4.78 is 14.8. The van der Waals surface area contributed by atoms with Gasteiger partial charge in [-0.3, -0.25) is 9.58 Å². The zero-order chi connectivity index (χ0) is 15.0. The molecule has 21 heavy (non-hydrogen) atoms. The minimum atomic E-state index is -0.187. The van der Waals surface area contributed by atoms with E-state index in [1.165, 1.54) is 17.7 Å². The zero-order valence-corrected chi connectivity index (χ0v) is 13.1. The van der Waals surface area contributed by atoms with Crippen LogP contribution in [0.15, 0.2) is 24.3 Å². The van der Waals surface area contributed by atoms with Crippen LogP contribution in [0.25, 0.3) is 0 Å². The van der Waals surface area contributed by atoms with Crippen molar-refractivity contribution in [3.05, 3.63) is 52.1 Å². The van der Waals surface area contributed by atoms with E-state index in [0.717, 1.165) is 42.3 Å². The van der Waals surface area contributed by atoms with Crippen molar-refractivity contribution in [1.29, 1.82) is 0 Å². The molecule has 1 fully saturated rings. The Kier molecular flexibility index (Phi) is 4.00. The van der Waals surface area contributed by atoms with Gasteiger partial charge >= 0.3 is 0 Å². The molecule has 3 nitrogen and oxygen atoms in total. The van der Waals surface area contributed by atoms with Gasteiger partial charge < -0.3 is 0 Å². The maximum Gasteiger partial charge on any atom is 0.131 e. The third-order valence-electron chi connectivity index (χ3n) is 4.23. The quantitative estimate of drug-likeness (QED) is 0.858. The SMILES string of the molecule is CCc1nn(C)c(Cl)c1CN1CC[C@@H]1c1ccc(F)cc1. The Morgan fingerprint density at radius 2 is 2.05 bits per heavy atom. The predicted octanol–water partition coefficient (Wildman–Crippen LogP) is 3.72. The number of rotatable bonds is 4. The van der Waals surface area contributed by atoms with E-state index in [4.69, 9.17) is 11.6 Å². The molecule has 3 rings (SSSR count). The van der Waals surface area contributed by atoms with Crippen LogP contribution in [0.2, 0.25) is 5.15 Å². The normalized spacial score (nSPS) is 18.8. The summed E-state index contributed by atoms with van der Waals surface area (Å²) in [6.07, 6.45) is 1.98. The van der Waals surface area contributed by atoms with Crippen LogP contribution in [0.4, 0.5) is 4.39 Å². The van der Waals surface area contributed by atoms with E-state index in [0.29, 0.717) is 6.04 Å². The molecule has 0 spiro atoms. The fourth-order valence-electron chi connectivity index (χ4n) is 2.94. The third-order valence-corrected chi connectivity index (χ3v) is 4.71. The number of likely N-dealkylation sites (tertiary alicyclic amines) is 1. The molecule has 112 valence electrons. The van der Waals surface area contributed by atoms with Crippen LogP contribution in [0.1, 0.15) is 36.2 Å². The molecule has 1 aliphatic heterocycles. The highest BCUT2D eigenvalue weighted by atomic mass is 35.5. The van der Waals surface area contributed by atoms with Gasteiger partial charge in [-0.25, -0.2) is 4.39 Å². The molecule has 1 aliphatic rings. The maximum atomic E-state index is 13.0. The van der Waals surface area contributed by atoms with Crippen molar-refractivity contribution in [2.24, 2.45) is 7.05 Å². The summed E-state index contributed by atoms with van der Waals surface area (Å²) in [6, 6.07) is 7.16. The van der Waals surface area contributed by atoms with Gasteiger partial charge in [0.25, 0.3) is 0 Å². The summed E-state index contributed by atoms with van der Waals surface area (Å²) in [4.78, 5) is 2.37. The van der Waals surface area contributed by atoms with Gasteiger partial charge in [-0.1, -0.05) is 30.7 Å². The molecule has 5 heteroatoms. The average Bonchev–Trinajstić information content (AvgIpc) is 2.73. The Morgan fingerprint density at radius 1 is 1.33 bits per heavy atom. The van der Waals surface area contributed by atoms with Crippen molar-refractivity contribution >= 4 is 11.6 Å². The Morgan fingerprint density at radius 3 is 2.62 bits per heavy atom. The fourth-order valence-corrected chi connectivity index (χ4v) is 3.14. The van der Waals surface area contributed by atoms with E-state index in [-0.39, 0.29) is 5.82 Å². The largest absolute Gasteiger partial charge is 0.292 e. The van der Waals surface area contributed by atoms with Gasteiger partial charge in [0.05, 0.1) is 5.69 Å². The second kappa shape index (κ2) is 5.78. The summed E-state index contributed by atoms with van der Waals surface area (Å²) in [5.41, 5.74) is 3.35. The molecular formula is C16H19ClFN3. The highest BCUT2D eigenvalue weighted by molar-refractivity contribution is 6.30. The van der Waals surface area contributed by atoms with Crippen molar-refractivity contribution in [3.63, 3.8) is 0 Å². The molecule has 0 saturated carbocycles. The lowest BCUT2D eigenvalue weighted by molar-refractivity contribution is 0.0816. The molecule has 0 bridgehead atoms. The minimum absolute atomic E-state index is 0.187. The molecule has 0 aliphatic carbocycles. The van der Waals surface area contributed by atoms with Crippen LogP contribution in [-0.2, 0) is 20.0 Å². The summed E-state index contributed by atoms with van der Waals surface area (Å²) in [5, 5.41) is 5.18. The van der Waals surface area contributed by atoms with Gasteiger partial charge in [0.1, 0.15) is 11.0 Å². The number of hydrogen-bond acceptors (Lipinski definition) is 2. The van der Waals surface area contributed by atoms with Crippen molar-refractivity contribution < 1.29 is 4.39 Å². The molecule has 0 N–H and O–H groups in total. The molecule has 0 unspecified atom stereocenters. The summed E-state index contributed by atoms with van der Waals surface area (Å²) in [7, 11) is 1.87. The molecule has 0 amide bonds. The lowest BCUT2D eigenvalue weighted by Crippen LogP contribution is -2.40. The van der Waals surface area contributed by atoms with Gasteiger partial charge in [-0.15, -0.1) is 0 Å². The molecule has 2 aromatic rings. The number of nitrogens with zero attached hydrogens (tertiary/aromatic N) is 3. The first-order chi connectivity index (χ1) is 10.1. The number of halogens is 2. The van der Waals surface area contributed by atoms with Crippen LogP contribution in [0, 0.1) is 5.82 Å². The average molecular weight is 308 g/mol. The van der Waals surface area contributed by atoms with Gasteiger partial charge in [0.15, 0.2) is 0 Å². The summed E-state index contributed by atoms with van der Waals surface area (Å²) >= 11 is 6.36. The van der Waals surface area contributed by atoms with Crippen LogP contribution < -0.4 is 0 Å². The maximum absolute atomic E-state index is 13.0. The first-order valence-corrected chi connectivity index (χ1v) is 7.67. The first-order valence-electron chi connectivity index (χ1n) is 7.30. The molecule has 0 radical (unpaired) electrons. The van der Waals surface area contributed by atoms with Gasteiger partial charge in [-0.05, 0) is 30.5 Å². The van der Waals surface area contributed by atoms with Gasteiger partial charge in [0.2, 0.25) is 0 Å². The van der Waals surface area contributed by atoms with Crippen LogP contribution >= 0.6 is 11.6 Å². The molecule has 1 atom stereocenters. The number of aryl methyl sites for hydroxylation is 2.